The van der Waals surface area contributed by atoms with Crippen LogP contribution in [0.4, 0.5) is 28.9 Å². The van der Waals surface area contributed by atoms with Gasteiger partial charge in [-0.1, -0.05) is 30.3 Å². The second-order valence-corrected chi connectivity index (χ2v) is 10.9. The van der Waals surface area contributed by atoms with Crippen LogP contribution in [-0.2, 0) is 9.59 Å². The molecule has 2 aliphatic heterocycles. The van der Waals surface area contributed by atoms with Crippen LogP contribution in [0.25, 0.3) is 22.2 Å². The Balaban J connectivity index is 1.33. The Hall–Kier alpha value is -4.42. The third-order valence-corrected chi connectivity index (χ3v) is 7.82. The van der Waals surface area contributed by atoms with Crippen molar-refractivity contribution in [1.82, 2.24) is 15.2 Å². The van der Waals surface area contributed by atoms with E-state index in [0.717, 1.165) is 27.7 Å². The van der Waals surface area contributed by atoms with Crippen molar-refractivity contribution in [2.24, 2.45) is 0 Å². The number of carbonyl (C=O) groups is 2. The van der Waals surface area contributed by atoms with Gasteiger partial charge in [-0.2, -0.15) is 0 Å². The van der Waals surface area contributed by atoms with Gasteiger partial charge in [0.2, 0.25) is 18.0 Å². The molecule has 3 aromatic carbocycles. The maximum Gasteiger partial charge on any atom is 0.262 e. The van der Waals surface area contributed by atoms with Crippen LogP contribution in [0.3, 0.4) is 0 Å². The number of hydrogen-bond acceptors (Lipinski definition) is 5. The molecule has 1 saturated heterocycles. The lowest BCUT2D eigenvalue weighted by Gasteiger charge is -2.30. The van der Waals surface area contributed by atoms with Crippen LogP contribution < -0.4 is 26.0 Å². The smallest absolute Gasteiger partial charge is 0.262 e. The highest BCUT2D eigenvalue weighted by Crippen LogP contribution is 2.45. The van der Waals surface area contributed by atoms with Crippen LogP contribution in [0.5, 0.6) is 5.75 Å². The number of halogens is 4. The Bertz CT molecular complexity index is 1680. The van der Waals surface area contributed by atoms with E-state index in [9.17, 15) is 27.2 Å². The van der Waals surface area contributed by atoms with E-state index in [4.69, 9.17) is 4.74 Å². The predicted molar refractivity (Wildman–Crippen MR) is 160 cm³/mol. The highest BCUT2D eigenvalue weighted by Gasteiger charge is 2.42. The zero-order chi connectivity index (χ0) is 30.8. The number of ether oxygens (including phenoxy) is 1. The van der Waals surface area contributed by atoms with E-state index in [1.165, 1.54) is 0 Å². The van der Waals surface area contributed by atoms with E-state index < -0.39 is 62.4 Å². The fourth-order valence-corrected chi connectivity index (χ4v) is 5.71. The fourth-order valence-electron chi connectivity index (χ4n) is 5.71. The number of rotatable bonds is 10. The number of nitrogens with one attached hydrogen (secondary N) is 4. The molecule has 6 rings (SSSR count). The molecular formula is C32H31F4N5O3. The summed E-state index contributed by atoms with van der Waals surface area (Å²) in [7, 11) is 0. The number of alkyl halides is 4. The molecule has 1 fully saturated rings. The number of aromatic nitrogens is 1. The maximum absolute atomic E-state index is 13.6. The highest BCUT2D eigenvalue weighted by atomic mass is 19.3. The topological polar surface area (TPSA) is 96.4 Å². The summed E-state index contributed by atoms with van der Waals surface area (Å²) in [6.45, 7) is -1.99. The van der Waals surface area contributed by atoms with Crippen LogP contribution >= 0.6 is 0 Å². The Kier molecular flexibility index (Phi) is 8.28. The number of fused-ring (bicyclic) bond motifs is 5. The van der Waals surface area contributed by atoms with Crippen LogP contribution in [-0.4, -0.2) is 60.8 Å². The number of benzene rings is 3. The number of hydrogen-bond donors (Lipinski definition) is 4. The zero-order valence-electron chi connectivity index (χ0n) is 23.6. The summed E-state index contributed by atoms with van der Waals surface area (Å²) in [4.78, 5) is 25.5. The third-order valence-electron chi connectivity index (χ3n) is 7.82. The first-order chi connectivity index (χ1) is 21.3. The molecule has 0 spiro atoms. The van der Waals surface area contributed by atoms with Gasteiger partial charge in [0.1, 0.15) is 12.4 Å². The van der Waals surface area contributed by atoms with Gasteiger partial charge in [0.15, 0.2) is 0 Å². The van der Waals surface area contributed by atoms with E-state index in [1.807, 2.05) is 47.0 Å². The molecule has 0 saturated carbocycles. The molecule has 230 valence electrons. The fraction of sp³-hybridized carbons (Fsp3) is 0.312. The van der Waals surface area contributed by atoms with Crippen LogP contribution in [0.1, 0.15) is 24.6 Å². The summed E-state index contributed by atoms with van der Waals surface area (Å²) in [5.74, 6) is -3.43. The molecule has 2 amide bonds. The lowest BCUT2D eigenvalue weighted by atomic mass is 10.1. The molecule has 0 radical (unpaired) electrons. The van der Waals surface area contributed by atoms with Crippen molar-refractivity contribution >= 4 is 34.1 Å². The van der Waals surface area contributed by atoms with Crippen molar-refractivity contribution in [3.8, 4) is 17.0 Å². The van der Waals surface area contributed by atoms with Crippen molar-refractivity contribution in [2.75, 3.05) is 37.1 Å². The predicted octanol–water partition coefficient (Wildman–Crippen LogP) is 5.41. The maximum atomic E-state index is 13.6. The van der Waals surface area contributed by atoms with Gasteiger partial charge >= 0.3 is 0 Å². The Morgan fingerprint density at radius 3 is 2.48 bits per heavy atom. The monoisotopic (exact) mass is 609 g/mol. The van der Waals surface area contributed by atoms with Gasteiger partial charge in [0.25, 0.3) is 5.92 Å². The molecule has 1 aromatic heterocycles. The first kappa shape index (κ1) is 29.6. The van der Waals surface area contributed by atoms with Crippen LogP contribution in [0.2, 0.25) is 0 Å². The zero-order valence-corrected chi connectivity index (χ0v) is 23.6. The Morgan fingerprint density at radius 2 is 1.75 bits per heavy atom. The van der Waals surface area contributed by atoms with Gasteiger partial charge in [-0.15, -0.1) is 0 Å². The Labute approximate surface area is 250 Å². The Morgan fingerprint density at radius 1 is 0.977 bits per heavy atom. The van der Waals surface area contributed by atoms with Gasteiger partial charge < -0.3 is 25.3 Å². The summed E-state index contributed by atoms with van der Waals surface area (Å²) in [5, 5.41) is 11.6. The van der Waals surface area contributed by atoms with E-state index in [0.29, 0.717) is 17.1 Å². The molecule has 3 heterocycles. The van der Waals surface area contributed by atoms with Crippen molar-refractivity contribution in [1.29, 1.82) is 0 Å². The first-order valence-corrected chi connectivity index (χ1v) is 14.4. The molecule has 0 bridgehead atoms. The minimum absolute atomic E-state index is 0.0532. The standard InChI is InChI=1S/C32H31F4N5O3/c33-11-10-24(37-13-12-34)29(42)39-21-7-9-26-20(14-21)15-27-23-8-6-22(40-30(43)25-17-32(35,36)18-38-25)16-28(23)44-31(41(26)27)19-4-2-1-3-5-19/h1-9,14-16,24-25,31,37-38H,10-13,17-18H2,(H,39,42)(H,40,43)/t24-,25-,31?/m0/s1. The average Bonchev–Trinajstić information content (AvgIpc) is 3.58. The molecule has 3 atom stereocenters. The lowest BCUT2D eigenvalue weighted by Crippen LogP contribution is -2.41. The van der Waals surface area contributed by atoms with Gasteiger partial charge in [0, 0.05) is 46.9 Å². The molecule has 12 heteroatoms. The van der Waals surface area contributed by atoms with E-state index in [-0.39, 0.29) is 13.0 Å². The van der Waals surface area contributed by atoms with Gasteiger partial charge in [-0.05, 0) is 42.8 Å². The number of anilines is 2. The van der Waals surface area contributed by atoms with E-state index in [2.05, 4.69) is 21.3 Å². The SMILES string of the molecule is O=C(Nc1ccc2c(c1)cc1n2C(c2ccccc2)Oc2cc(NC(=O)[C@@H]3CC(F)(F)CN3)ccc2-1)[C@H](CCF)NCCF. The van der Waals surface area contributed by atoms with Crippen LogP contribution in [0, 0.1) is 0 Å². The van der Waals surface area contributed by atoms with Crippen molar-refractivity contribution in [3.05, 3.63) is 78.4 Å². The number of carbonyl (C=O) groups excluding carboxylic acids is 2. The van der Waals surface area contributed by atoms with E-state index in [1.54, 1.807) is 30.3 Å². The molecule has 0 aliphatic carbocycles. The first-order valence-electron chi connectivity index (χ1n) is 14.4. The third kappa shape index (κ3) is 6.00. The van der Waals surface area contributed by atoms with Gasteiger partial charge in [-0.25, -0.2) is 13.2 Å². The summed E-state index contributed by atoms with van der Waals surface area (Å²) < 4.78 is 61.5. The summed E-state index contributed by atoms with van der Waals surface area (Å²) in [5.41, 5.74) is 4.19. The van der Waals surface area contributed by atoms with Crippen LogP contribution in [0.15, 0.2) is 72.8 Å². The highest BCUT2D eigenvalue weighted by molar-refractivity contribution is 5.99. The normalized spacial score (nSPS) is 19.1. The summed E-state index contributed by atoms with van der Waals surface area (Å²) >= 11 is 0. The molecule has 4 aromatic rings. The van der Waals surface area contributed by atoms with Gasteiger partial charge in [0.05, 0.1) is 36.5 Å². The quantitative estimate of drug-likeness (QED) is 0.181. The molecule has 44 heavy (non-hydrogen) atoms. The van der Waals surface area contributed by atoms with Crippen molar-refractivity contribution < 1.29 is 31.9 Å². The molecule has 2 aliphatic rings. The molecule has 8 nitrogen and oxygen atoms in total. The minimum atomic E-state index is -2.93. The second kappa shape index (κ2) is 12.3. The van der Waals surface area contributed by atoms with Crippen molar-refractivity contribution in [3.63, 3.8) is 0 Å². The largest absolute Gasteiger partial charge is 0.465 e. The molecular weight excluding hydrogens is 578 g/mol. The summed E-state index contributed by atoms with van der Waals surface area (Å²) in [6.07, 6.45) is -1.21. The molecule has 1 unspecified atom stereocenters. The number of nitrogens with zero attached hydrogens (tertiary/aromatic N) is 1. The van der Waals surface area contributed by atoms with Crippen molar-refractivity contribution in [2.45, 2.75) is 37.1 Å². The van der Waals surface area contributed by atoms with Gasteiger partial charge in [-0.3, -0.25) is 19.3 Å². The van der Waals surface area contributed by atoms with E-state index >= 15 is 0 Å². The molecule has 4 N–H and O–H groups in total. The minimum Gasteiger partial charge on any atom is -0.465 e. The second-order valence-electron chi connectivity index (χ2n) is 10.9. The number of amides is 2. The summed E-state index contributed by atoms with van der Waals surface area (Å²) in [6, 6.07) is 20.3. The lowest BCUT2D eigenvalue weighted by molar-refractivity contribution is -0.119. The average molecular weight is 610 g/mol.